The quantitative estimate of drug-likeness (QED) is 0.422. The lowest BCUT2D eigenvalue weighted by molar-refractivity contribution is -0.131. The van der Waals surface area contributed by atoms with E-state index in [0.29, 0.717) is 32.2 Å². The standard InChI is InChI=1S/C33H43NO5/c1-23(2)25-11-13-27(14-12-25)33(37,32(6)21-34(22-32)30(36)39-31(3,4)5)28-9-7-8-24(20-28)10-15-29(35)26-16-18-38-19-17-26/h7-15,20,23,26,37H,16-19,21-22H2,1-6H3/b15-10+/t33-/m0/s1. The van der Waals surface area contributed by atoms with Crippen LogP contribution in [0.4, 0.5) is 4.79 Å². The van der Waals surface area contributed by atoms with Crippen molar-refractivity contribution in [1.82, 2.24) is 4.90 Å². The molecular weight excluding hydrogens is 490 g/mol. The number of rotatable bonds is 7. The molecule has 0 saturated carbocycles. The normalized spacial score (nSPS) is 19.5. The first-order valence-corrected chi connectivity index (χ1v) is 14.0. The van der Waals surface area contributed by atoms with Crippen LogP contribution in [0.2, 0.25) is 0 Å². The van der Waals surface area contributed by atoms with Gasteiger partial charge in [-0.2, -0.15) is 0 Å². The van der Waals surface area contributed by atoms with Gasteiger partial charge in [-0.15, -0.1) is 0 Å². The highest BCUT2D eigenvalue weighted by atomic mass is 16.6. The summed E-state index contributed by atoms with van der Waals surface area (Å²) in [5.41, 5.74) is 0.938. The second kappa shape index (κ2) is 11.3. The Labute approximate surface area is 233 Å². The van der Waals surface area contributed by atoms with Crippen molar-refractivity contribution >= 4 is 18.0 Å². The number of ketones is 1. The summed E-state index contributed by atoms with van der Waals surface area (Å²) in [4.78, 5) is 27.1. The molecule has 39 heavy (non-hydrogen) atoms. The van der Waals surface area contributed by atoms with Gasteiger partial charge in [0, 0.05) is 37.6 Å². The van der Waals surface area contributed by atoms with Gasteiger partial charge in [0.05, 0.1) is 0 Å². The first-order valence-electron chi connectivity index (χ1n) is 14.0. The van der Waals surface area contributed by atoms with Crippen molar-refractivity contribution in [2.24, 2.45) is 11.3 Å². The fourth-order valence-electron chi connectivity index (χ4n) is 5.62. The lowest BCUT2D eigenvalue weighted by atomic mass is 9.61. The highest BCUT2D eigenvalue weighted by molar-refractivity contribution is 5.95. The first-order chi connectivity index (χ1) is 18.3. The average molecular weight is 534 g/mol. The Bertz CT molecular complexity index is 1200. The van der Waals surface area contributed by atoms with Crippen LogP contribution in [0.5, 0.6) is 0 Å². The molecule has 0 spiro atoms. The number of likely N-dealkylation sites (tertiary alicyclic amines) is 1. The van der Waals surface area contributed by atoms with E-state index in [1.54, 1.807) is 11.0 Å². The molecule has 2 aromatic carbocycles. The molecule has 2 saturated heterocycles. The van der Waals surface area contributed by atoms with Crippen molar-refractivity contribution in [1.29, 1.82) is 0 Å². The molecule has 0 bridgehead atoms. The molecule has 1 amide bonds. The van der Waals surface area contributed by atoms with E-state index >= 15 is 0 Å². The fraction of sp³-hybridized carbons (Fsp3) is 0.515. The molecule has 2 fully saturated rings. The lowest BCUT2D eigenvalue weighted by Gasteiger charge is -2.56. The van der Waals surface area contributed by atoms with Gasteiger partial charge < -0.3 is 19.5 Å². The van der Waals surface area contributed by atoms with Crippen molar-refractivity contribution in [2.75, 3.05) is 26.3 Å². The lowest BCUT2D eigenvalue weighted by Crippen LogP contribution is -2.66. The predicted octanol–water partition coefficient (Wildman–Crippen LogP) is 6.31. The molecular formula is C33H43NO5. The van der Waals surface area contributed by atoms with Gasteiger partial charge in [0.25, 0.3) is 0 Å². The summed E-state index contributed by atoms with van der Waals surface area (Å²) >= 11 is 0. The third-order valence-corrected chi connectivity index (χ3v) is 7.97. The number of ether oxygens (including phenoxy) is 2. The van der Waals surface area contributed by atoms with Crippen LogP contribution in [0.1, 0.15) is 82.6 Å². The number of benzene rings is 2. The van der Waals surface area contributed by atoms with Crippen LogP contribution < -0.4 is 0 Å². The van der Waals surface area contributed by atoms with Gasteiger partial charge in [-0.25, -0.2) is 4.79 Å². The van der Waals surface area contributed by atoms with Crippen LogP contribution in [0.25, 0.3) is 6.08 Å². The van der Waals surface area contributed by atoms with Crippen molar-refractivity contribution < 1.29 is 24.2 Å². The van der Waals surface area contributed by atoms with Crippen LogP contribution in [0.3, 0.4) is 0 Å². The van der Waals surface area contributed by atoms with Crippen LogP contribution in [0, 0.1) is 11.3 Å². The maximum atomic E-state index is 12.8. The Morgan fingerprint density at radius 3 is 2.28 bits per heavy atom. The number of amides is 1. The molecule has 6 heteroatoms. The van der Waals surface area contributed by atoms with Gasteiger partial charge in [0.15, 0.2) is 5.78 Å². The van der Waals surface area contributed by atoms with Crippen LogP contribution >= 0.6 is 0 Å². The molecule has 1 N–H and O–H groups in total. The molecule has 0 aromatic heterocycles. The summed E-state index contributed by atoms with van der Waals surface area (Å²) in [6, 6.07) is 15.8. The van der Waals surface area contributed by atoms with E-state index in [0.717, 1.165) is 29.5 Å². The second-order valence-corrected chi connectivity index (χ2v) is 12.6. The molecule has 0 unspecified atom stereocenters. The molecule has 2 aliphatic heterocycles. The minimum absolute atomic E-state index is 0.00214. The molecule has 1 atom stereocenters. The number of allylic oxidation sites excluding steroid dienone is 1. The summed E-state index contributed by atoms with van der Waals surface area (Å²) in [6.07, 6.45) is 4.62. The third-order valence-electron chi connectivity index (χ3n) is 7.97. The Morgan fingerprint density at radius 2 is 1.69 bits per heavy atom. The smallest absolute Gasteiger partial charge is 0.410 e. The Hall–Kier alpha value is -2.96. The summed E-state index contributed by atoms with van der Waals surface area (Å²) < 4.78 is 11.0. The Kier molecular flexibility index (Phi) is 8.38. The third kappa shape index (κ3) is 6.28. The Balaban J connectivity index is 1.65. The zero-order valence-corrected chi connectivity index (χ0v) is 24.2. The van der Waals surface area contributed by atoms with Crippen molar-refractivity contribution in [3.05, 3.63) is 76.9 Å². The summed E-state index contributed by atoms with van der Waals surface area (Å²) in [5, 5.41) is 12.6. The molecule has 4 rings (SSSR count). The minimum atomic E-state index is -1.37. The SMILES string of the molecule is CC(C)c1ccc([C@](O)(c2cccc(/C=C/C(=O)C3CCOCC3)c2)C2(C)CN(C(=O)OC(C)(C)C)C2)cc1. The number of hydrogen-bond acceptors (Lipinski definition) is 5. The molecule has 2 aliphatic rings. The van der Waals surface area contributed by atoms with E-state index in [4.69, 9.17) is 9.47 Å². The highest BCUT2D eigenvalue weighted by Crippen LogP contribution is 2.51. The number of aliphatic hydroxyl groups is 1. The Morgan fingerprint density at radius 1 is 1.05 bits per heavy atom. The van der Waals surface area contributed by atoms with Gasteiger partial charge in [0.1, 0.15) is 11.2 Å². The molecule has 6 nitrogen and oxygen atoms in total. The van der Waals surface area contributed by atoms with E-state index in [1.807, 2.05) is 70.2 Å². The van der Waals surface area contributed by atoms with Crippen LogP contribution in [-0.2, 0) is 19.9 Å². The minimum Gasteiger partial charge on any atom is -0.444 e. The van der Waals surface area contributed by atoms with E-state index in [-0.39, 0.29) is 17.8 Å². The zero-order chi connectivity index (χ0) is 28.4. The molecule has 2 heterocycles. The number of hydrogen-bond donors (Lipinski definition) is 1. The molecule has 0 aliphatic carbocycles. The fourth-order valence-corrected chi connectivity index (χ4v) is 5.62. The van der Waals surface area contributed by atoms with Gasteiger partial charge in [-0.1, -0.05) is 69.3 Å². The van der Waals surface area contributed by atoms with Crippen molar-refractivity contribution in [3.63, 3.8) is 0 Å². The average Bonchev–Trinajstić information content (AvgIpc) is 2.89. The van der Waals surface area contributed by atoms with Gasteiger partial charge >= 0.3 is 6.09 Å². The number of nitrogens with zero attached hydrogens (tertiary/aromatic N) is 1. The molecule has 0 radical (unpaired) electrons. The van der Waals surface area contributed by atoms with E-state index in [1.165, 1.54) is 5.56 Å². The predicted molar refractivity (Wildman–Crippen MR) is 153 cm³/mol. The van der Waals surface area contributed by atoms with Gasteiger partial charge in [0.2, 0.25) is 0 Å². The van der Waals surface area contributed by atoms with Gasteiger partial charge in [-0.3, -0.25) is 4.79 Å². The van der Waals surface area contributed by atoms with Crippen LogP contribution in [0.15, 0.2) is 54.6 Å². The van der Waals surface area contributed by atoms with E-state index in [2.05, 4.69) is 26.0 Å². The highest BCUT2D eigenvalue weighted by Gasteiger charge is 2.58. The zero-order valence-electron chi connectivity index (χ0n) is 24.2. The summed E-state index contributed by atoms with van der Waals surface area (Å²) in [6.45, 7) is 13.8. The summed E-state index contributed by atoms with van der Waals surface area (Å²) in [5.74, 6) is 0.486. The van der Waals surface area contributed by atoms with Crippen molar-refractivity contribution in [3.8, 4) is 0 Å². The van der Waals surface area contributed by atoms with E-state index < -0.39 is 16.6 Å². The topological polar surface area (TPSA) is 76.1 Å². The largest absolute Gasteiger partial charge is 0.444 e. The number of carbonyl (C=O) groups excluding carboxylic acids is 2. The maximum Gasteiger partial charge on any atom is 0.410 e. The molecule has 210 valence electrons. The van der Waals surface area contributed by atoms with Gasteiger partial charge in [-0.05, 0) is 73.9 Å². The molecule has 2 aromatic rings. The monoisotopic (exact) mass is 533 g/mol. The second-order valence-electron chi connectivity index (χ2n) is 12.6. The first kappa shape index (κ1) is 29.0. The van der Waals surface area contributed by atoms with Crippen LogP contribution in [-0.4, -0.2) is 53.8 Å². The summed E-state index contributed by atoms with van der Waals surface area (Å²) in [7, 11) is 0. The number of carbonyl (C=O) groups is 2. The van der Waals surface area contributed by atoms with E-state index in [9.17, 15) is 14.7 Å². The maximum absolute atomic E-state index is 12.8. The van der Waals surface area contributed by atoms with Crippen molar-refractivity contribution in [2.45, 2.75) is 71.5 Å².